The number of fused-ring (bicyclic) bond motifs is 1. The van der Waals surface area contributed by atoms with Crippen LogP contribution in [0.3, 0.4) is 0 Å². The van der Waals surface area contributed by atoms with Crippen LogP contribution in [0.1, 0.15) is 5.56 Å². The fraction of sp³-hybridized carbons (Fsp3) is 0.0667. The lowest BCUT2D eigenvalue weighted by molar-refractivity contribution is -0.137. The maximum absolute atomic E-state index is 12.8. The Hall–Kier alpha value is -2.83. The number of pyridine rings is 2. The van der Waals surface area contributed by atoms with Gasteiger partial charge in [0.25, 0.3) is 5.56 Å². The number of halogens is 3. The van der Waals surface area contributed by atoms with E-state index in [1.54, 1.807) is 24.3 Å². The molecule has 2 N–H and O–H groups in total. The van der Waals surface area contributed by atoms with Crippen molar-refractivity contribution >= 4 is 10.9 Å². The lowest BCUT2D eigenvalue weighted by atomic mass is 10.1. The number of alkyl halides is 3. The summed E-state index contributed by atoms with van der Waals surface area (Å²) in [6.07, 6.45) is -3.99. The summed E-state index contributed by atoms with van der Waals surface area (Å²) in [5.74, 6) is 0. The third-order valence-corrected chi connectivity index (χ3v) is 3.26. The molecule has 0 radical (unpaired) electrons. The van der Waals surface area contributed by atoms with E-state index in [2.05, 4.69) is 4.98 Å². The highest BCUT2D eigenvalue weighted by Gasteiger charge is 2.31. The van der Waals surface area contributed by atoms with Gasteiger partial charge in [0.05, 0.1) is 16.8 Å². The first kappa shape index (κ1) is 14.1. The molecule has 112 valence electrons. The first-order valence-corrected chi connectivity index (χ1v) is 6.28. The van der Waals surface area contributed by atoms with E-state index >= 15 is 0 Å². The van der Waals surface area contributed by atoms with Crippen molar-refractivity contribution in [3.63, 3.8) is 0 Å². The minimum atomic E-state index is -4.59. The van der Waals surface area contributed by atoms with Gasteiger partial charge >= 0.3 is 6.18 Å². The predicted molar refractivity (Wildman–Crippen MR) is 75.6 cm³/mol. The zero-order valence-electron chi connectivity index (χ0n) is 11.0. The first-order valence-electron chi connectivity index (χ1n) is 6.28. The molecule has 0 aliphatic heterocycles. The number of H-pyrrole nitrogens is 2. The van der Waals surface area contributed by atoms with Gasteiger partial charge in [0.1, 0.15) is 0 Å². The van der Waals surface area contributed by atoms with Gasteiger partial charge in [0.2, 0.25) is 0 Å². The maximum Gasteiger partial charge on any atom is 0.417 e. The second-order valence-corrected chi connectivity index (χ2v) is 4.72. The maximum atomic E-state index is 12.8. The first-order chi connectivity index (χ1) is 10.4. The lowest BCUT2D eigenvalue weighted by Crippen LogP contribution is -2.15. The SMILES string of the molecule is O=c1[nH]cc(C(F)(F)F)cc1-c1cc(=O)c2ccccc2[nH]1. The summed E-state index contributed by atoms with van der Waals surface area (Å²) >= 11 is 0. The predicted octanol–water partition coefficient (Wildman–Crippen LogP) is 2.90. The Labute approximate surface area is 121 Å². The van der Waals surface area contributed by atoms with Crippen LogP contribution in [-0.4, -0.2) is 9.97 Å². The average molecular weight is 306 g/mol. The molecule has 22 heavy (non-hydrogen) atoms. The molecule has 0 aliphatic rings. The van der Waals surface area contributed by atoms with Crippen molar-refractivity contribution < 1.29 is 13.2 Å². The van der Waals surface area contributed by atoms with Crippen molar-refractivity contribution in [1.29, 1.82) is 0 Å². The number of benzene rings is 1. The van der Waals surface area contributed by atoms with Crippen LogP contribution in [-0.2, 0) is 6.18 Å². The highest BCUT2D eigenvalue weighted by atomic mass is 19.4. The molecule has 7 heteroatoms. The van der Waals surface area contributed by atoms with Crippen molar-refractivity contribution in [3.8, 4) is 11.3 Å². The molecule has 2 aromatic heterocycles. The van der Waals surface area contributed by atoms with E-state index in [0.29, 0.717) is 17.1 Å². The molecule has 0 saturated carbocycles. The highest BCUT2D eigenvalue weighted by Crippen LogP contribution is 2.29. The average Bonchev–Trinajstić information content (AvgIpc) is 2.46. The number of aromatic nitrogens is 2. The molecule has 0 fully saturated rings. The highest BCUT2D eigenvalue weighted by molar-refractivity contribution is 5.81. The van der Waals surface area contributed by atoms with Crippen LogP contribution >= 0.6 is 0 Å². The molecule has 4 nitrogen and oxygen atoms in total. The Kier molecular flexibility index (Phi) is 3.13. The molecule has 0 spiro atoms. The Morgan fingerprint density at radius 2 is 1.73 bits per heavy atom. The number of aromatic amines is 2. The Balaban J connectivity index is 2.28. The van der Waals surface area contributed by atoms with Crippen molar-refractivity contribution in [3.05, 3.63) is 68.7 Å². The van der Waals surface area contributed by atoms with E-state index in [0.717, 1.165) is 12.1 Å². The third kappa shape index (κ3) is 2.41. The molecule has 0 amide bonds. The molecule has 0 aliphatic carbocycles. The zero-order valence-corrected chi connectivity index (χ0v) is 11.0. The Morgan fingerprint density at radius 3 is 2.45 bits per heavy atom. The molecule has 2 heterocycles. The second kappa shape index (κ2) is 4.87. The largest absolute Gasteiger partial charge is 0.417 e. The van der Waals surface area contributed by atoms with Crippen molar-refractivity contribution in [2.45, 2.75) is 6.18 Å². The molecule has 3 rings (SSSR count). The van der Waals surface area contributed by atoms with Gasteiger partial charge in [0, 0.05) is 23.2 Å². The van der Waals surface area contributed by atoms with Gasteiger partial charge in [-0.25, -0.2) is 0 Å². The number of nitrogens with one attached hydrogen (secondary N) is 2. The quantitative estimate of drug-likeness (QED) is 0.726. The minimum Gasteiger partial charge on any atom is -0.354 e. The Morgan fingerprint density at radius 1 is 1.00 bits per heavy atom. The third-order valence-electron chi connectivity index (χ3n) is 3.26. The molecule has 0 saturated heterocycles. The fourth-order valence-corrected chi connectivity index (χ4v) is 2.19. The van der Waals surface area contributed by atoms with Crippen LogP contribution < -0.4 is 11.0 Å². The van der Waals surface area contributed by atoms with Crippen LogP contribution in [0.4, 0.5) is 13.2 Å². The van der Waals surface area contributed by atoms with Gasteiger partial charge in [0.15, 0.2) is 5.43 Å². The normalized spacial score (nSPS) is 11.8. The summed E-state index contributed by atoms with van der Waals surface area (Å²) in [5, 5.41) is 0.398. The van der Waals surface area contributed by atoms with Crippen molar-refractivity contribution in [2.24, 2.45) is 0 Å². The van der Waals surface area contributed by atoms with E-state index < -0.39 is 17.3 Å². The molecular formula is C15H9F3N2O2. The molecule has 3 aromatic rings. The van der Waals surface area contributed by atoms with Crippen LogP contribution in [0, 0.1) is 0 Å². The number of hydrogen-bond donors (Lipinski definition) is 2. The van der Waals surface area contributed by atoms with Gasteiger partial charge < -0.3 is 9.97 Å². The molecule has 0 bridgehead atoms. The summed E-state index contributed by atoms with van der Waals surface area (Å²) in [4.78, 5) is 28.7. The fourth-order valence-electron chi connectivity index (χ4n) is 2.19. The van der Waals surface area contributed by atoms with Crippen molar-refractivity contribution in [2.75, 3.05) is 0 Å². The lowest BCUT2D eigenvalue weighted by Gasteiger charge is -2.09. The van der Waals surface area contributed by atoms with E-state index in [1.807, 2.05) is 4.98 Å². The van der Waals surface area contributed by atoms with Crippen LogP contribution in [0.25, 0.3) is 22.2 Å². The van der Waals surface area contributed by atoms with E-state index in [4.69, 9.17) is 0 Å². The van der Waals surface area contributed by atoms with Crippen molar-refractivity contribution in [1.82, 2.24) is 9.97 Å². The second-order valence-electron chi connectivity index (χ2n) is 4.72. The summed E-state index contributed by atoms with van der Waals surface area (Å²) < 4.78 is 38.3. The smallest absolute Gasteiger partial charge is 0.354 e. The number of para-hydroxylation sites is 1. The standard InChI is InChI=1S/C15H9F3N2O2/c16-15(17,18)8-5-10(14(22)19-7-8)12-6-13(21)9-3-1-2-4-11(9)20-12/h1-7H,(H,19,22)(H,20,21). The topological polar surface area (TPSA) is 65.7 Å². The Bertz CT molecular complexity index is 971. The molecular weight excluding hydrogens is 297 g/mol. The van der Waals surface area contributed by atoms with Gasteiger partial charge in [-0.05, 0) is 18.2 Å². The van der Waals surface area contributed by atoms with Gasteiger partial charge in [-0.15, -0.1) is 0 Å². The summed E-state index contributed by atoms with van der Waals surface area (Å²) in [6.45, 7) is 0. The number of rotatable bonds is 1. The van der Waals surface area contributed by atoms with E-state index in [1.165, 1.54) is 0 Å². The summed E-state index contributed by atoms with van der Waals surface area (Å²) in [7, 11) is 0. The number of hydrogen-bond acceptors (Lipinski definition) is 2. The van der Waals surface area contributed by atoms with Crippen LogP contribution in [0.5, 0.6) is 0 Å². The van der Waals surface area contributed by atoms with Crippen LogP contribution in [0.2, 0.25) is 0 Å². The van der Waals surface area contributed by atoms with Gasteiger partial charge in [-0.1, -0.05) is 12.1 Å². The molecule has 0 atom stereocenters. The summed E-state index contributed by atoms with van der Waals surface area (Å²) in [6, 6.07) is 8.40. The minimum absolute atomic E-state index is 0.0380. The van der Waals surface area contributed by atoms with E-state index in [-0.39, 0.29) is 16.7 Å². The summed E-state index contributed by atoms with van der Waals surface area (Å²) in [5.41, 5.74) is -1.83. The van der Waals surface area contributed by atoms with Gasteiger partial charge in [-0.2, -0.15) is 13.2 Å². The molecule has 0 unspecified atom stereocenters. The molecule has 1 aromatic carbocycles. The van der Waals surface area contributed by atoms with Gasteiger partial charge in [-0.3, -0.25) is 9.59 Å². The monoisotopic (exact) mass is 306 g/mol. The zero-order chi connectivity index (χ0) is 15.9. The van der Waals surface area contributed by atoms with E-state index in [9.17, 15) is 22.8 Å². The van der Waals surface area contributed by atoms with Crippen LogP contribution in [0.15, 0.2) is 52.2 Å².